The van der Waals surface area contributed by atoms with Gasteiger partial charge in [0.2, 0.25) is 5.82 Å². The Bertz CT molecular complexity index is 1130. The highest BCUT2D eigenvalue weighted by atomic mass is 16.5. The summed E-state index contributed by atoms with van der Waals surface area (Å²) in [6.07, 6.45) is 4.17. The highest BCUT2D eigenvalue weighted by molar-refractivity contribution is 5.93. The van der Waals surface area contributed by atoms with E-state index in [4.69, 9.17) is 9.84 Å². The fraction of sp³-hybridized carbons (Fsp3) is 0.480. The van der Waals surface area contributed by atoms with Crippen molar-refractivity contribution in [3.05, 3.63) is 53.3 Å². The first-order valence-electron chi connectivity index (χ1n) is 12.0. The van der Waals surface area contributed by atoms with Crippen molar-refractivity contribution in [2.24, 2.45) is 11.8 Å². The number of amides is 1. The van der Waals surface area contributed by atoms with Crippen molar-refractivity contribution in [2.75, 3.05) is 19.8 Å². The van der Waals surface area contributed by atoms with Gasteiger partial charge in [0.1, 0.15) is 18.1 Å². The third kappa shape index (κ3) is 6.83. The van der Waals surface area contributed by atoms with E-state index in [0.717, 1.165) is 31.2 Å². The minimum Gasteiger partial charge on any atom is -0.491 e. The van der Waals surface area contributed by atoms with E-state index in [0.29, 0.717) is 47.8 Å². The van der Waals surface area contributed by atoms with Crippen molar-refractivity contribution >= 4 is 5.91 Å². The maximum atomic E-state index is 12.8. The summed E-state index contributed by atoms with van der Waals surface area (Å²) in [5.74, 6) is 1.69. The fourth-order valence-electron chi connectivity index (χ4n) is 4.36. The highest BCUT2D eigenvalue weighted by Gasteiger charge is 2.22. The molecule has 10 heteroatoms. The number of ether oxygens (including phenoxy) is 1. The summed E-state index contributed by atoms with van der Waals surface area (Å²) < 4.78 is 5.42. The van der Waals surface area contributed by atoms with Crippen molar-refractivity contribution < 1.29 is 19.7 Å². The van der Waals surface area contributed by atoms with E-state index in [1.165, 1.54) is 0 Å². The van der Waals surface area contributed by atoms with E-state index in [-0.39, 0.29) is 31.4 Å². The topological polar surface area (TPSA) is 135 Å². The Morgan fingerprint density at radius 2 is 1.94 bits per heavy atom. The molecule has 4 rings (SSSR count). The van der Waals surface area contributed by atoms with Crippen LogP contribution in [0, 0.1) is 18.8 Å². The first-order chi connectivity index (χ1) is 17.0. The molecule has 1 amide bonds. The highest BCUT2D eigenvalue weighted by Crippen LogP contribution is 2.29. The van der Waals surface area contributed by atoms with Gasteiger partial charge in [-0.15, -0.1) is 10.2 Å². The summed E-state index contributed by atoms with van der Waals surface area (Å²) in [6.45, 7) is 3.26. The number of pyridine rings is 1. The van der Waals surface area contributed by atoms with Gasteiger partial charge in [0.05, 0.1) is 13.2 Å². The largest absolute Gasteiger partial charge is 0.491 e. The number of rotatable bonds is 10. The second kappa shape index (κ2) is 11.9. The van der Waals surface area contributed by atoms with Crippen LogP contribution in [-0.4, -0.2) is 61.1 Å². The first kappa shape index (κ1) is 24.7. The summed E-state index contributed by atoms with van der Waals surface area (Å²) in [4.78, 5) is 18.8. The van der Waals surface area contributed by atoms with Crippen LogP contribution in [0.25, 0.3) is 11.4 Å². The van der Waals surface area contributed by atoms with Crippen molar-refractivity contribution in [3.63, 3.8) is 0 Å². The molecule has 0 atom stereocenters. The van der Waals surface area contributed by atoms with Gasteiger partial charge in [0.15, 0.2) is 0 Å². The Balaban J connectivity index is 1.38. The average molecular weight is 481 g/mol. The molecule has 0 radical (unpaired) electrons. The Hall–Kier alpha value is -3.37. The summed E-state index contributed by atoms with van der Waals surface area (Å²) in [5, 5.41) is 34.1. The Labute approximate surface area is 204 Å². The number of aliphatic hydroxyl groups is 2. The van der Waals surface area contributed by atoms with E-state index >= 15 is 0 Å². The second-order valence-electron chi connectivity index (χ2n) is 9.02. The number of carbonyl (C=O) groups is 1. The third-order valence-corrected chi connectivity index (χ3v) is 6.25. The van der Waals surface area contributed by atoms with Gasteiger partial charge in [-0.05, 0) is 79.5 Å². The van der Waals surface area contributed by atoms with Crippen LogP contribution in [0.15, 0.2) is 36.4 Å². The molecule has 2 aromatic heterocycles. The molecule has 0 unspecified atom stereocenters. The Morgan fingerprint density at radius 1 is 1.14 bits per heavy atom. The molecule has 10 nitrogen and oxygen atoms in total. The number of nitrogens with zero attached hydrogens (tertiary/aromatic N) is 5. The molecular formula is C25H32N6O4. The molecule has 0 spiro atoms. The minimum absolute atomic E-state index is 0.0590. The molecule has 1 aliphatic carbocycles. The number of tetrazole rings is 1. The van der Waals surface area contributed by atoms with Crippen LogP contribution in [0.2, 0.25) is 0 Å². The van der Waals surface area contributed by atoms with Gasteiger partial charge in [-0.1, -0.05) is 12.1 Å². The van der Waals surface area contributed by atoms with Crippen molar-refractivity contribution in [1.29, 1.82) is 0 Å². The summed E-state index contributed by atoms with van der Waals surface area (Å²) >= 11 is 0. The Morgan fingerprint density at radius 3 is 2.71 bits per heavy atom. The molecule has 0 aliphatic heterocycles. The number of hydrogen-bond donors (Lipinski definition) is 3. The Kier molecular flexibility index (Phi) is 8.38. The van der Waals surface area contributed by atoms with Crippen LogP contribution in [0.4, 0.5) is 0 Å². The lowest BCUT2D eigenvalue weighted by atomic mass is 9.82. The van der Waals surface area contributed by atoms with Crippen LogP contribution in [0.3, 0.4) is 0 Å². The number of aliphatic hydroxyl groups excluding tert-OH is 2. The number of nitrogens with one attached hydrogen (secondary N) is 1. The number of benzene rings is 1. The SMILES string of the molecule is Cc1cc(-c2nnn(CC3CCC(CO)CC3)n2)cc(C(=O)NCc2cccc(OCCO)c2)n1. The number of aryl methyl sites for hydroxylation is 1. The standard InChI is InChI=1S/C25H32N6O4/c1-17-11-21(24-28-30-31(29-24)15-18-5-7-19(16-33)8-6-18)13-23(27-17)25(34)26-14-20-3-2-4-22(12-20)35-10-9-32/h2-4,11-13,18-19,32-33H,5-10,14-16H2,1H3,(H,26,34). The van der Waals surface area contributed by atoms with Gasteiger partial charge in [-0.25, -0.2) is 4.98 Å². The monoisotopic (exact) mass is 480 g/mol. The number of hydrogen-bond acceptors (Lipinski definition) is 8. The zero-order valence-electron chi connectivity index (χ0n) is 19.9. The summed E-state index contributed by atoms with van der Waals surface area (Å²) in [6, 6.07) is 10.9. The van der Waals surface area contributed by atoms with E-state index in [9.17, 15) is 9.90 Å². The minimum atomic E-state index is -0.301. The second-order valence-corrected chi connectivity index (χ2v) is 9.02. The number of carbonyl (C=O) groups excluding carboxylic acids is 1. The van der Waals surface area contributed by atoms with E-state index in [2.05, 4.69) is 25.7 Å². The number of aromatic nitrogens is 5. The normalized spacial score (nSPS) is 17.8. The fourth-order valence-corrected chi connectivity index (χ4v) is 4.36. The molecule has 1 aliphatic rings. The van der Waals surface area contributed by atoms with Crippen molar-refractivity contribution in [1.82, 2.24) is 30.5 Å². The first-order valence-corrected chi connectivity index (χ1v) is 12.0. The van der Waals surface area contributed by atoms with Crippen molar-refractivity contribution in [2.45, 2.75) is 45.7 Å². The molecule has 3 aromatic rings. The molecule has 0 bridgehead atoms. The zero-order valence-corrected chi connectivity index (χ0v) is 19.9. The lowest BCUT2D eigenvalue weighted by Crippen LogP contribution is -2.24. The molecule has 1 saturated carbocycles. The quantitative estimate of drug-likeness (QED) is 0.402. The molecule has 35 heavy (non-hydrogen) atoms. The third-order valence-electron chi connectivity index (χ3n) is 6.25. The van der Waals surface area contributed by atoms with Crippen molar-refractivity contribution in [3.8, 4) is 17.1 Å². The smallest absolute Gasteiger partial charge is 0.270 e. The molecule has 0 saturated heterocycles. The van der Waals surface area contributed by atoms with Gasteiger partial charge in [0, 0.05) is 24.4 Å². The molecule has 186 valence electrons. The van der Waals surface area contributed by atoms with Crippen LogP contribution < -0.4 is 10.1 Å². The van der Waals surface area contributed by atoms with Crippen LogP contribution in [0.5, 0.6) is 5.75 Å². The molecule has 1 fully saturated rings. The van der Waals surface area contributed by atoms with Gasteiger partial charge in [-0.3, -0.25) is 4.79 Å². The summed E-state index contributed by atoms with van der Waals surface area (Å²) in [7, 11) is 0. The van der Waals surface area contributed by atoms with Gasteiger partial charge in [-0.2, -0.15) is 4.80 Å². The predicted octanol–water partition coefficient (Wildman–Crippen LogP) is 2.14. The van der Waals surface area contributed by atoms with Crippen LogP contribution in [0.1, 0.15) is 47.4 Å². The van der Waals surface area contributed by atoms with Gasteiger partial charge in [0.25, 0.3) is 5.91 Å². The van der Waals surface area contributed by atoms with E-state index in [1.807, 2.05) is 31.2 Å². The lowest BCUT2D eigenvalue weighted by Gasteiger charge is -2.26. The maximum absolute atomic E-state index is 12.8. The van der Waals surface area contributed by atoms with Crippen LogP contribution in [-0.2, 0) is 13.1 Å². The lowest BCUT2D eigenvalue weighted by molar-refractivity contribution is 0.0945. The van der Waals surface area contributed by atoms with Gasteiger partial charge < -0.3 is 20.3 Å². The van der Waals surface area contributed by atoms with Gasteiger partial charge >= 0.3 is 0 Å². The van der Waals surface area contributed by atoms with E-state index in [1.54, 1.807) is 16.9 Å². The molecule has 2 heterocycles. The zero-order chi connectivity index (χ0) is 24.6. The summed E-state index contributed by atoms with van der Waals surface area (Å²) in [5.41, 5.74) is 2.54. The average Bonchev–Trinajstić information content (AvgIpc) is 3.35. The van der Waals surface area contributed by atoms with E-state index < -0.39 is 0 Å². The molecule has 3 N–H and O–H groups in total. The predicted molar refractivity (Wildman–Crippen MR) is 129 cm³/mol. The molecular weight excluding hydrogens is 448 g/mol. The molecule has 1 aromatic carbocycles. The maximum Gasteiger partial charge on any atom is 0.270 e. The van der Waals surface area contributed by atoms with Crippen LogP contribution >= 0.6 is 0 Å².